The number of phosphoric acid groups is 1. The molecule has 0 saturated heterocycles. The molecule has 3 N–H and O–H groups in total. The molecule has 87 heavy (non-hydrogen) atoms. The standard InChI is InChI=1S/C77H150NO8P/c1-3-5-7-9-11-13-15-17-19-21-23-25-27-29-31-33-35-37-39-41-43-45-47-49-51-53-55-57-59-61-63-65-67-69-76(79)83-73-75(74-85-87(81,82)84-72-71-78)86-77(80)70-68-66-64-62-60-58-56-54-52-50-48-46-44-42-40-38-36-34-32-30-28-26-24-22-20-18-16-14-12-10-8-6-4-2/h16,18,22,24,75H,3-15,17,19-21,23,25-74,78H2,1-2H3,(H,81,82)/b18-16-,24-22-. The SMILES string of the molecule is CCCCCCC/C=C\C/C=C\CCCCCCCCCCCCCCCCCCCCCCCC(=O)OC(COC(=O)CCCCCCCCCCCCCCCCCCCCCCCCCCCCCCCCCCC)COP(=O)(O)OCCN. The van der Waals surface area contributed by atoms with Gasteiger partial charge in [-0.3, -0.25) is 18.6 Å². The first-order chi connectivity index (χ1) is 42.8. The summed E-state index contributed by atoms with van der Waals surface area (Å²) >= 11 is 0. The zero-order valence-electron chi connectivity index (χ0n) is 58.3. The molecular weight excluding hydrogens is 1100 g/mol. The Morgan fingerprint density at radius 2 is 0.598 bits per heavy atom. The molecule has 0 aliphatic rings. The summed E-state index contributed by atoms with van der Waals surface area (Å²) in [6, 6.07) is 0. The van der Waals surface area contributed by atoms with E-state index in [1.165, 1.54) is 353 Å². The molecule has 0 spiro atoms. The molecule has 2 atom stereocenters. The maximum absolute atomic E-state index is 12.8. The van der Waals surface area contributed by atoms with Crippen LogP contribution in [0.25, 0.3) is 0 Å². The van der Waals surface area contributed by atoms with Gasteiger partial charge in [0.15, 0.2) is 6.10 Å². The highest BCUT2D eigenvalue weighted by atomic mass is 31.2. The summed E-state index contributed by atoms with van der Waals surface area (Å²) in [7, 11) is -4.39. The predicted octanol–water partition coefficient (Wildman–Crippen LogP) is 25.7. The van der Waals surface area contributed by atoms with Crippen molar-refractivity contribution in [1.82, 2.24) is 0 Å². The highest BCUT2D eigenvalue weighted by Gasteiger charge is 2.26. The summed E-state index contributed by atoms with van der Waals surface area (Å²) in [6.45, 7) is 3.83. The van der Waals surface area contributed by atoms with Crippen molar-refractivity contribution in [2.75, 3.05) is 26.4 Å². The van der Waals surface area contributed by atoms with Crippen LogP contribution in [0.2, 0.25) is 0 Å². The third kappa shape index (κ3) is 73.4. The smallest absolute Gasteiger partial charge is 0.462 e. The van der Waals surface area contributed by atoms with Gasteiger partial charge in [0.1, 0.15) is 6.61 Å². The first-order valence-corrected chi connectivity index (χ1v) is 40.3. The molecular formula is C77H150NO8P. The summed E-state index contributed by atoms with van der Waals surface area (Å²) in [5, 5.41) is 0. The van der Waals surface area contributed by atoms with Gasteiger partial charge in [-0.25, -0.2) is 4.57 Å². The Bertz CT molecular complexity index is 1470. The van der Waals surface area contributed by atoms with Crippen molar-refractivity contribution >= 4 is 19.8 Å². The van der Waals surface area contributed by atoms with Crippen molar-refractivity contribution < 1.29 is 37.6 Å². The topological polar surface area (TPSA) is 134 Å². The second-order valence-electron chi connectivity index (χ2n) is 26.6. The van der Waals surface area contributed by atoms with Gasteiger partial charge in [-0.1, -0.05) is 391 Å². The Morgan fingerprint density at radius 3 is 0.874 bits per heavy atom. The summed E-state index contributed by atoms with van der Waals surface area (Å²) < 4.78 is 33.3. The number of allylic oxidation sites excluding steroid dienone is 4. The molecule has 9 nitrogen and oxygen atoms in total. The van der Waals surface area contributed by atoms with Crippen molar-refractivity contribution in [2.24, 2.45) is 5.73 Å². The third-order valence-electron chi connectivity index (χ3n) is 17.8. The van der Waals surface area contributed by atoms with Crippen LogP contribution in [0.1, 0.15) is 425 Å². The molecule has 0 aromatic heterocycles. The average Bonchev–Trinajstić information content (AvgIpc) is 3.64. The van der Waals surface area contributed by atoms with Crippen LogP contribution >= 0.6 is 7.82 Å². The van der Waals surface area contributed by atoms with E-state index < -0.39 is 26.5 Å². The van der Waals surface area contributed by atoms with E-state index in [0.29, 0.717) is 6.42 Å². The van der Waals surface area contributed by atoms with E-state index in [4.69, 9.17) is 24.3 Å². The van der Waals surface area contributed by atoms with Crippen LogP contribution in [-0.2, 0) is 32.7 Å². The first-order valence-electron chi connectivity index (χ1n) is 38.8. The van der Waals surface area contributed by atoms with Gasteiger partial charge in [0.25, 0.3) is 0 Å². The monoisotopic (exact) mass is 1250 g/mol. The Kier molecular flexibility index (Phi) is 72.3. The summed E-state index contributed by atoms with van der Waals surface area (Å²) in [5.74, 6) is -0.799. The van der Waals surface area contributed by atoms with Crippen molar-refractivity contribution in [3.05, 3.63) is 24.3 Å². The molecule has 0 aliphatic carbocycles. The van der Waals surface area contributed by atoms with Crippen molar-refractivity contribution in [3.8, 4) is 0 Å². The van der Waals surface area contributed by atoms with E-state index in [9.17, 15) is 19.0 Å². The molecule has 0 radical (unpaired) electrons. The van der Waals surface area contributed by atoms with Gasteiger partial charge in [0.2, 0.25) is 0 Å². The number of unbranched alkanes of at least 4 members (excludes halogenated alkanes) is 58. The molecule has 516 valence electrons. The van der Waals surface area contributed by atoms with Crippen LogP contribution in [0, 0.1) is 0 Å². The van der Waals surface area contributed by atoms with Crippen LogP contribution in [0.5, 0.6) is 0 Å². The normalized spacial score (nSPS) is 12.9. The number of ether oxygens (including phenoxy) is 2. The number of hydrogen-bond acceptors (Lipinski definition) is 8. The highest BCUT2D eigenvalue weighted by molar-refractivity contribution is 7.47. The Labute approximate surface area is 542 Å². The number of phosphoric ester groups is 1. The number of hydrogen-bond donors (Lipinski definition) is 2. The lowest BCUT2D eigenvalue weighted by Gasteiger charge is -2.19. The van der Waals surface area contributed by atoms with Gasteiger partial charge in [-0.05, 0) is 44.9 Å². The second kappa shape index (κ2) is 73.5. The van der Waals surface area contributed by atoms with Crippen LogP contribution in [0.3, 0.4) is 0 Å². The maximum atomic E-state index is 12.8. The van der Waals surface area contributed by atoms with E-state index in [1.807, 2.05) is 0 Å². The van der Waals surface area contributed by atoms with E-state index >= 15 is 0 Å². The number of carbonyl (C=O) groups excluding carboxylic acids is 2. The molecule has 0 rings (SSSR count). The lowest BCUT2D eigenvalue weighted by Crippen LogP contribution is -2.29. The van der Waals surface area contributed by atoms with Crippen molar-refractivity contribution in [3.63, 3.8) is 0 Å². The molecule has 0 amide bonds. The fraction of sp³-hybridized carbons (Fsp3) is 0.922. The van der Waals surface area contributed by atoms with Gasteiger partial charge in [-0.15, -0.1) is 0 Å². The third-order valence-corrected chi connectivity index (χ3v) is 18.8. The first kappa shape index (κ1) is 85.5. The van der Waals surface area contributed by atoms with Gasteiger partial charge in [0.05, 0.1) is 13.2 Å². The minimum atomic E-state index is -4.39. The fourth-order valence-electron chi connectivity index (χ4n) is 12.1. The number of esters is 2. The zero-order valence-corrected chi connectivity index (χ0v) is 59.2. The quantitative estimate of drug-likeness (QED) is 0.0264. The molecule has 0 aliphatic heterocycles. The zero-order chi connectivity index (χ0) is 63.0. The van der Waals surface area contributed by atoms with Gasteiger partial charge < -0.3 is 20.1 Å². The van der Waals surface area contributed by atoms with E-state index in [0.717, 1.165) is 38.5 Å². The molecule has 0 heterocycles. The minimum absolute atomic E-state index is 0.0573. The molecule has 0 saturated carbocycles. The molecule has 0 bridgehead atoms. The van der Waals surface area contributed by atoms with Gasteiger partial charge >= 0.3 is 19.8 Å². The van der Waals surface area contributed by atoms with Crippen molar-refractivity contribution in [1.29, 1.82) is 0 Å². The molecule has 2 unspecified atom stereocenters. The molecule has 0 fully saturated rings. The van der Waals surface area contributed by atoms with E-state index in [-0.39, 0.29) is 38.6 Å². The van der Waals surface area contributed by atoms with Crippen LogP contribution < -0.4 is 5.73 Å². The lowest BCUT2D eigenvalue weighted by atomic mass is 10.0. The second-order valence-corrected chi connectivity index (χ2v) is 28.0. The van der Waals surface area contributed by atoms with Crippen LogP contribution in [0.15, 0.2) is 24.3 Å². The molecule has 0 aromatic rings. The minimum Gasteiger partial charge on any atom is -0.462 e. The van der Waals surface area contributed by atoms with Crippen molar-refractivity contribution in [2.45, 2.75) is 431 Å². The summed E-state index contributed by atoms with van der Waals surface area (Å²) in [4.78, 5) is 35.4. The van der Waals surface area contributed by atoms with E-state index in [2.05, 4.69) is 38.2 Å². The fourth-order valence-corrected chi connectivity index (χ4v) is 12.9. The number of nitrogens with two attached hydrogens (primary N) is 1. The Hall–Kier alpha value is -1.51. The summed E-state index contributed by atoms with van der Waals surface area (Å²) in [5.41, 5.74) is 5.41. The predicted molar refractivity (Wildman–Crippen MR) is 377 cm³/mol. The molecule has 0 aromatic carbocycles. The van der Waals surface area contributed by atoms with Gasteiger partial charge in [-0.2, -0.15) is 0 Å². The number of rotatable bonds is 75. The Morgan fingerprint density at radius 1 is 0.345 bits per heavy atom. The van der Waals surface area contributed by atoms with Crippen LogP contribution in [-0.4, -0.2) is 49.3 Å². The van der Waals surface area contributed by atoms with Crippen LogP contribution in [0.4, 0.5) is 0 Å². The lowest BCUT2D eigenvalue weighted by molar-refractivity contribution is -0.161. The van der Waals surface area contributed by atoms with Gasteiger partial charge in [0, 0.05) is 19.4 Å². The number of carbonyl (C=O) groups is 2. The highest BCUT2D eigenvalue weighted by Crippen LogP contribution is 2.43. The Balaban J connectivity index is 3.76. The maximum Gasteiger partial charge on any atom is 0.472 e. The van der Waals surface area contributed by atoms with E-state index in [1.54, 1.807) is 0 Å². The molecule has 10 heteroatoms. The average molecular weight is 1250 g/mol. The summed E-state index contributed by atoms with van der Waals surface area (Å²) in [6.07, 6.45) is 91.7. The largest absolute Gasteiger partial charge is 0.472 e.